The van der Waals surface area contributed by atoms with Crippen molar-refractivity contribution in [1.82, 2.24) is 10.6 Å². The topological polar surface area (TPSA) is 36.4 Å². The van der Waals surface area contributed by atoms with Crippen LogP contribution in [0.2, 0.25) is 0 Å². The van der Waals surface area contributed by atoms with E-state index in [0.29, 0.717) is 5.92 Å². The molecule has 0 aliphatic rings. The Kier molecular flexibility index (Phi) is 7.99. The van der Waals surface area contributed by atoms with Crippen LogP contribution >= 0.6 is 11.8 Å². The van der Waals surface area contributed by atoms with Crippen LogP contribution in [0.4, 0.5) is 0 Å². The lowest BCUT2D eigenvalue weighted by molar-refractivity contribution is 0.616. The van der Waals surface area contributed by atoms with Crippen LogP contribution in [0.25, 0.3) is 0 Å². The van der Waals surface area contributed by atoms with Gasteiger partial charge in [-0.05, 0) is 12.2 Å². The van der Waals surface area contributed by atoms with Gasteiger partial charge in [0.2, 0.25) is 0 Å². The fourth-order valence-corrected chi connectivity index (χ4v) is 1.10. The third-order valence-corrected chi connectivity index (χ3v) is 2.11. The van der Waals surface area contributed by atoms with E-state index in [1.54, 1.807) is 7.05 Å². The first-order valence-electron chi connectivity index (χ1n) is 4.64. The molecule has 2 N–H and O–H groups in total. The van der Waals surface area contributed by atoms with Gasteiger partial charge in [-0.2, -0.15) is 11.8 Å². The van der Waals surface area contributed by atoms with Gasteiger partial charge in [-0.25, -0.2) is 0 Å². The molecule has 0 atom stereocenters. The maximum Gasteiger partial charge on any atom is 0.191 e. The molecular weight excluding hydrogens is 182 g/mol. The van der Waals surface area contributed by atoms with Gasteiger partial charge in [-0.1, -0.05) is 13.8 Å². The molecule has 0 bridgehead atoms. The molecule has 0 saturated carbocycles. The second-order valence-corrected chi connectivity index (χ2v) is 4.25. The van der Waals surface area contributed by atoms with Crippen molar-refractivity contribution >= 4 is 17.7 Å². The van der Waals surface area contributed by atoms with E-state index in [1.807, 2.05) is 11.8 Å². The first-order chi connectivity index (χ1) is 6.20. The van der Waals surface area contributed by atoms with Crippen LogP contribution < -0.4 is 10.6 Å². The molecule has 0 aromatic rings. The van der Waals surface area contributed by atoms with Crippen molar-refractivity contribution in [2.24, 2.45) is 10.9 Å². The maximum atomic E-state index is 4.12. The van der Waals surface area contributed by atoms with Crippen LogP contribution in [-0.2, 0) is 0 Å². The Morgan fingerprint density at radius 2 is 2.08 bits per heavy atom. The number of rotatable bonds is 5. The molecular formula is C9H21N3S. The Labute approximate surface area is 85.8 Å². The zero-order valence-electron chi connectivity index (χ0n) is 9.05. The number of hydrogen-bond acceptors (Lipinski definition) is 2. The van der Waals surface area contributed by atoms with Crippen LogP contribution in [0.1, 0.15) is 13.8 Å². The van der Waals surface area contributed by atoms with E-state index in [-0.39, 0.29) is 0 Å². The van der Waals surface area contributed by atoms with E-state index in [0.717, 1.165) is 24.8 Å². The van der Waals surface area contributed by atoms with Gasteiger partial charge in [0.15, 0.2) is 5.96 Å². The molecule has 0 amide bonds. The monoisotopic (exact) mass is 203 g/mol. The molecule has 0 spiro atoms. The number of nitrogens with zero attached hydrogens (tertiary/aromatic N) is 1. The molecule has 0 rings (SSSR count). The minimum Gasteiger partial charge on any atom is -0.356 e. The second kappa shape index (κ2) is 8.23. The molecule has 78 valence electrons. The number of nitrogens with one attached hydrogen (secondary N) is 2. The molecule has 3 nitrogen and oxygen atoms in total. The van der Waals surface area contributed by atoms with Crippen molar-refractivity contribution in [3.8, 4) is 0 Å². The van der Waals surface area contributed by atoms with Crippen molar-refractivity contribution in [3.05, 3.63) is 0 Å². The van der Waals surface area contributed by atoms with Crippen LogP contribution in [0.5, 0.6) is 0 Å². The maximum absolute atomic E-state index is 4.12. The lowest BCUT2D eigenvalue weighted by Gasteiger charge is -2.12. The van der Waals surface area contributed by atoms with Crippen molar-refractivity contribution in [3.63, 3.8) is 0 Å². The van der Waals surface area contributed by atoms with E-state index in [4.69, 9.17) is 0 Å². The summed E-state index contributed by atoms with van der Waals surface area (Å²) in [4.78, 5) is 4.12. The summed E-state index contributed by atoms with van der Waals surface area (Å²) in [6, 6.07) is 0. The Hall–Kier alpha value is -0.380. The molecule has 0 aliphatic carbocycles. The van der Waals surface area contributed by atoms with Crippen LogP contribution in [0.3, 0.4) is 0 Å². The van der Waals surface area contributed by atoms with Crippen molar-refractivity contribution in [1.29, 1.82) is 0 Å². The fourth-order valence-electron chi connectivity index (χ4n) is 0.793. The SMILES string of the molecule is CN=C(NCCSC)NCC(C)C. The summed E-state index contributed by atoms with van der Waals surface area (Å²) in [7, 11) is 1.80. The van der Waals surface area contributed by atoms with Gasteiger partial charge in [0.05, 0.1) is 0 Å². The van der Waals surface area contributed by atoms with Gasteiger partial charge in [0.1, 0.15) is 0 Å². The normalized spacial score (nSPS) is 11.9. The summed E-state index contributed by atoms with van der Waals surface area (Å²) in [5, 5.41) is 6.50. The molecule has 0 radical (unpaired) electrons. The Bertz CT molecular complexity index is 146. The van der Waals surface area contributed by atoms with Crippen LogP contribution in [0, 0.1) is 5.92 Å². The van der Waals surface area contributed by atoms with Gasteiger partial charge >= 0.3 is 0 Å². The number of aliphatic imine (C=N–C) groups is 1. The summed E-state index contributed by atoms with van der Waals surface area (Å²) in [5.41, 5.74) is 0. The molecule has 0 unspecified atom stereocenters. The summed E-state index contributed by atoms with van der Waals surface area (Å²) in [6.45, 7) is 6.31. The quantitative estimate of drug-likeness (QED) is 0.400. The summed E-state index contributed by atoms with van der Waals surface area (Å²) in [6.07, 6.45) is 2.10. The fraction of sp³-hybridized carbons (Fsp3) is 0.889. The molecule has 0 fully saturated rings. The van der Waals surface area contributed by atoms with Gasteiger partial charge in [-0.3, -0.25) is 4.99 Å². The molecule has 0 aromatic carbocycles. The number of hydrogen-bond donors (Lipinski definition) is 2. The first kappa shape index (κ1) is 12.6. The average molecular weight is 203 g/mol. The smallest absolute Gasteiger partial charge is 0.191 e. The zero-order valence-corrected chi connectivity index (χ0v) is 9.87. The molecule has 0 saturated heterocycles. The van der Waals surface area contributed by atoms with Crippen LogP contribution in [-0.4, -0.2) is 38.1 Å². The zero-order chi connectivity index (χ0) is 10.1. The lowest BCUT2D eigenvalue weighted by Crippen LogP contribution is -2.39. The minimum atomic E-state index is 0.652. The first-order valence-corrected chi connectivity index (χ1v) is 6.03. The van der Waals surface area contributed by atoms with Gasteiger partial charge in [-0.15, -0.1) is 0 Å². The molecule has 4 heteroatoms. The van der Waals surface area contributed by atoms with E-state index in [9.17, 15) is 0 Å². The molecule has 0 aliphatic heterocycles. The molecule has 0 heterocycles. The highest BCUT2D eigenvalue weighted by atomic mass is 32.2. The van der Waals surface area contributed by atoms with Crippen molar-refractivity contribution in [2.45, 2.75) is 13.8 Å². The highest BCUT2D eigenvalue weighted by Crippen LogP contribution is 1.88. The summed E-state index contributed by atoms with van der Waals surface area (Å²) >= 11 is 1.83. The summed E-state index contributed by atoms with van der Waals surface area (Å²) in [5.74, 6) is 2.67. The molecule has 13 heavy (non-hydrogen) atoms. The number of guanidine groups is 1. The van der Waals surface area contributed by atoms with Crippen LogP contribution in [0.15, 0.2) is 4.99 Å². The standard InChI is InChI=1S/C9H21N3S/c1-8(2)7-12-9(10-3)11-5-6-13-4/h8H,5-7H2,1-4H3,(H2,10,11,12). The van der Waals surface area contributed by atoms with E-state index in [2.05, 4.69) is 35.7 Å². The Balaban J connectivity index is 3.53. The van der Waals surface area contributed by atoms with Gasteiger partial charge in [0.25, 0.3) is 0 Å². The third-order valence-electron chi connectivity index (χ3n) is 1.50. The van der Waals surface area contributed by atoms with Crippen molar-refractivity contribution < 1.29 is 0 Å². The highest BCUT2D eigenvalue weighted by Gasteiger charge is 1.97. The van der Waals surface area contributed by atoms with E-state index >= 15 is 0 Å². The highest BCUT2D eigenvalue weighted by molar-refractivity contribution is 7.98. The average Bonchev–Trinajstić information content (AvgIpc) is 2.10. The lowest BCUT2D eigenvalue weighted by atomic mass is 10.2. The number of thioether (sulfide) groups is 1. The third kappa shape index (κ3) is 7.96. The van der Waals surface area contributed by atoms with Crippen molar-refractivity contribution in [2.75, 3.05) is 32.1 Å². The second-order valence-electron chi connectivity index (χ2n) is 3.27. The van der Waals surface area contributed by atoms with E-state index in [1.165, 1.54) is 0 Å². The van der Waals surface area contributed by atoms with Gasteiger partial charge in [0, 0.05) is 25.9 Å². The predicted molar refractivity (Wildman–Crippen MR) is 62.6 cm³/mol. The Morgan fingerprint density at radius 1 is 1.38 bits per heavy atom. The largest absolute Gasteiger partial charge is 0.356 e. The predicted octanol–water partition coefficient (Wildman–Crippen LogP) is 1.17. The summed E-state index contributed by atoms with van der Waals surface area (Å²) < 4.78 is 0. The minimum absolute atomic E-state index is 0.652. The molecule has 0 aromatic heterocycles. The Morgan fingerprint density at radius 3 is 2.54 bits per heavy atom. The van der Waals surface area contributed by atoms with E-state index < -0.39 is 0 Å². The van der Waals surface area contributed by atoms with Gasteiger partial charge < -0.3 is 10.6 Å².